The molecule has 1 aromatic carbocycles. The summed E-state index contributed by atoms with van der Waals surface area (Å²) in [5.41, 5.74) is 0.0689. The fourth-order valence-electron chi connectivity index (χ4n) is 5.03. The molecule has 2 aliphatic heterocycles. The van der Waals surface area contributed by atoms with Crippen LogP contribution in [0, 0.1) is 0 Å². The number of imide groups is 1. The molecule has 1 spiro atoms. The highest BCUT2D eigenvalue weighted by atomic mass is 16.5. The number of urea groups is 1. The summed E-state index contributed by atoms with van der Waals surface area (Å²) in [5.74, 6) is 0.907. The molecule has 4 rings (SSSR count). The van der Waals surface area contributed by atoms with E-state index in [-0.39, 0.29) is 24.4 Å². The summed E-state index contributed by atoms with van der Waals surface area (Å²) in [6.07, 6.45) is 5.84. The number of nitrogens with one attached hydrogen (secondary N) is 1. The summed E-state index contributed by atoms with van der Waals surface area (Å²) in [7, 11) is 3.20. The Balaban J connectivity index is 1.52. The molecular formula is C22H29N3O5. The smallest absolute Gasteiger partial charge is 0.325 e. The molecule has 1 atom stereocenters. The molecule has 0 radical (unpaired) electrons. The first-order valence-corrected chi connectivity index (χ1v) is 10.6. The van der Waals surface area contributed by atoms with Crippen molar-refractivity contribution in [2.24, 2.45) is 0 Å². The third-order valence-electron chi connectivity index (χ3n) is 6.62. The average molecular weight is 415 g/mol. The first-order chi connectivity index (χ1) is 14.5. The van der Waals surface area contributed by atoms with Crippen LogP contribution in [0.25, 0.3) is 0 Å². The molecule has 0 bridgehead atoms. The maximum Gasteiger partial charge on any atom is 0.325 e. The van der Waals surface area contributed by atoms with Crippen LogP contribution in [0.1, 0.15) is 56.6 Å². The van der Waals surface area contributed by atoms with Gasteiger partial charge in [-0.3, -0.25) is 14.5 Å². The second-order valence-corrected chi connectivity index (χ2v) is 8.32. The largest absolute Gasteiger partial charge is 0.497 e. The molecule has 1 N–H and O–H groups in total. The van der Waals surface area contributed by atoms with E-state index >= 15 is 0 Å². The zero-order valence-corrected chi connectivity index (χ0v) is 17.6. The number of hydrogen-bond donors (Lipinski definition) is 1. The number of nitrogens with zero attached hydrogens (tertiary/aromatic N) is 2. The first kappa shape index (κ1) is 20.5. The van der Waals surface area contributed by atoms with Gasteiger partial charge in [-0.1, -0.05) is 19.3 Å². The van der Waals surface area contributed by atoms with E-state index in [1.807, 2.05) is 18.2 Å². The minimum Gasteiger partial charge on any atom is -0.497 e. The van der Waals surface area contributed by atoms with Crippen LogP contribution in [0.5, 0.6) is 11.5 Å². The van der Waals surface area contributed by atoms with Crippen LogP contribution < -0.4 is 14.8 Å². The van der Waals surface area contributed by atoms with Gasteiger partial charge in [-0.05, 0) is 43.9 Å². The first-order valence-electron chi connectivity index (χ1n) is 10.6. The molecule has 162 valence electrons. The zero-order valence-electron chi connectivity index (χ0n) is 17.6. The van der Waals surface area contributed by atoms with Crippen molar-refractivity contribution in [2.45, 2.75) is 56.5 Å². The number of ether oxygens (including phenoxy) is 2. The van der Waals surface area contributed by atoms with Crippen LogP contribution in [-0.4, -0.2) is 60.5 Å². The molecule has 4 amide bonds. The Labute approximate surface area is 176 Å². The number of benzene rings is 1. The molecule has 2 saturated heterocycles. The van der Waals surface area contributed by atoms with Gasteiger partial charge in [-0.25, -0.2) is 4.79 Å². The van der Waals surface area contributed by atoms with Gasteiger partial charge in [-0.15, -0.1) is 0 Å². The minimum absolute atomic E-state index is 0.174. The standard InChI is InChI=1S/C22H29N3O5/c1-29-15-8-9-18(30-2)16(13-15)17-7-6-12-24(17)19(26)14-25-20(27)22(23-21(25)28)10-4-3-5-11-22/h8-9,13,17H,3-7,10-12,14H2,1-2H3,(H,23,28)/t17-/m1/s1. The summed E-state index contributed by atoms with van der Waals surface area (Å²) >= 11 is 0. The molecule has 1 aliphatic carbocycles. The van der Waals surface area contributed by atoms with Crippen LogP contribution >= 0.6 is 0 Å². The van der Waals surface area contributed by atoms with Crippen molar-refractivity contribution >= 4 is 17.8 Å². The monoisotopic (exact) mass is 415 g/mol. The summed E-state index contributed by atoms with van der Waals surface area (Å²) in [6, 6.07) is 4.91. The van der Waals surface area contributed by atoms with E-state index in [9.17, 15) is 14.4 Å². The normalized spacial score (nSPS) is 23.1. The van der Waals surface area contributed by atoms with Crippen molar-refractivity contribution in [1.29, 1.82) is 0 Å². The zero-order chi connectivity index (χ0) is 21.3. The predicted octanol–water partition coefficient (Wildman–Crippen LogP) is 2.62. The van der Waals surface area contributed by atoms with E-state index in [4.69, 9.17) is 9.47 Å². The number of rotatable bonds is 5. The van der Waals surface area contributed by atoms with Gasteiger partial charge in [-0.2, -0.15) is 0 Å². The van der Waals surface area contributed by atoms with Crippen LogP contribution in [0.2, 0.25) is 0 Å². The third-order valence-corrected chi connectivity index (χ3v) is 6.62. The van der Waals surface area contributed by atoms with Crippen LogP contribution in [0.4, 0.5) is 4.79 Å². The topological polar surface area (TPSA) is 88.2 Å². The fourth-order valence-corrected chi connectivity index (χ4v) is 5.03. The van der Waals surface area contributed by atoms with Gasteiger partial charge in [0, 0.05) is 12.1 Å². The maximum absolute atomic E-state index is 13.2. The minimum atomic E-state index is -0.809. The molecule has 1 aromatic rings. The molecule has 2 heterocycles. The van der Waals surface area contributed by atoms with Crippen molar-refractivity contribution in [3.05, 3.63) is 23.8 Å². The van der Waals surface area contributed by atoms with Gasteiger partial charge in [0.1, 0.15) is 23.6 Å². The lowest BCUT2D eigenvalue weighted by Gasteiger charge is -2.31. The van der Waals surface area contributed by atoms with E-state index in [1.165, 1.54) is 0 Å². The number of amides is 4. The van der Waals surface area contributed by atoms with E-state index in [0.717, 1.165) is 42.6 Å². The van der Waals surface area contributed by atoms with E-state index in [0.29, 0.717) is 30.9 Å². The Hall–Kier alpha value is -2.77. The summed E-state index contributed by atoms with van der Waals surface area (Å²) in [6.45, 7) is 0.355. The van der Waals surface area contributed by atoms with Gasteiger partial charge in [0.05, 0.1) is 20.3 Å². The van der Waals surface area contributed by atoms with Crippen molar-refractivity contribution in [1.82, 2.24) is 15.1 Å². The van der Waals surface area contributed by atoms with Crippen LogP contribution in [-0.2, 0) is 9.59 Å². The number of likely N-dealkylation sites (tertiary alicyclic amines) is 1. The summed E-state index contributed by atoms with van der Waals surface area (Å²) < 4.78 is 10.9. The second-order valence-electron chi connectivity index (χ2n) is 8.32. The number of carbonyl (C=O) groups excluding carboxylic acids is 3. The third kappa shape index (κ3) is 3.48. The Morgan fingerprint density at radius 1 is 1.13 bits per heavy atom. The van der Waals surface area contributed by atoms with Gasteiger partial charge >= 0.3 is 6.03 Å². The number of carbonyl (C=O) groups is 3. The lowest BCUT2D eigenvalue weighted by Crippen LogP contribution is -2.49. The fraction of sp³-hybridized carbons (Fsp3) is 0.591. The summed E-state index contributed by atoms with van der Waals surface area (Å²) in [4.78, 5) is 41.6. The maximum atomic E-state index is 13.2. The predicted molar refractivity (Wildman–Crippen MR) is 109 cm³/mol. The molecular weight excluding hydrogens is 386 g/mol. The SMILES string of the molecule is COc1ccc(OC)c([C@H]2CCCN2C(=O)CN2C(=O)NC3(CCCCC3)C2=O)c1. The van der Waals surface area contributed by atoms with Crippen molar-refractivity contribution in [3.8, 4) is 11.5 Å². The highest BCUT2D eigenvalue weighted by molar-refractivity contribution is 6.09. The molecule has 0 aromatic heterocycles. The highest BCUT2D eigenvalue weighted by Crippen LogP contribution is 2.39. The Morgan fingerprint density at radius 3 is 2.60 bits per heavy atom. The van der Waals surface area contributed by atoms with E-state index in [1.54, 1.807) is 19.1 Å². The van der Waals surface area contributed by atoms with Gasteiger partial charge in [0.2, 0.25) is 5.91 Å². The Bertz CT molecular complexity index is 849. The van der Waals surface area contributed by atoms with Crippen LogP contribution in [0.3, 0.4) is 0 Å². The number of hydrogen-bond acceptors (Lipinski definition) is 5. The molecule has 0 unspecified atom stereocenters. The molecule has 8 heteroatoms. The van der Waals surface area contributed by atoms with Crippen molar-refractivity contribution < 1.29 is 23.9 Å². The van der Waals surface area contributed by atoms with E-state index in [2.05, 4.69) is 5.32 Å². The van der Waals surface area contributed by atoms with Gasteiger partial charge in [0.15, 0.2) is 0 Å². The van der Waals surface area contributed by atoms with Gasteiger partial charge < -0.3 is 19.7 Å². The van der Waals surface area contributed by atoms with E-state index < -0.39 is 11.6 Å². The Kier molecular flexibility index (Phi) is 5.58. The molecule has 30 heavy (non-hydrogen) atoms. The molecule has 3 aliphatic rings. The lowest BCUT2D eigenvalue weighted by molar-refractivity contribution is -0.140. The van der Waals surface area contributed by atoms with Crippen molar-refractivity contribution in [3.63, 3.8) is 0 Å². The quantitative estimate of drug-likeness (QED) is 0.747. The van der Waals surface area contributed by atoms with Crippen LogP contribution in [0.15, 0.2) is 18.2 Å². The highest BCUT2D eigenvalue weighted by Gasteiger charge is 2.52. The Morgan fingerprint density at radius 2 is 1.90 bits per heavy atom. The lowest BCUT2D eigenvalue weighted by atomic mass is 9.82. The molecule has 3 fully saturated rings. The molecule has 8 nitrogen and oxygen atoms in total. The average Bonchev–Trinajstić information content (AvgIpc) is 3.33. The number of methoxy groups -OCH3 is 2. The van der Waals surface area contributed by atoms with Crippen molar-refractivity contribution in [2.75, 3.05) is 27.3 Å². The summed E-state index contributed by atoms with van der Waals surface area (Å²) in [5, 5.41) is 2.87. The second kappa shape index (κ2) is 8.16. The molecule has 1 saturated carbocycles. The van der Waals surface area contributed by atoms with Gasteiger partial charge in [0.25, 0.3) is 5.91 Å².